The van der Waals surface area contributed by atoms with Gasteiger partial charge in [0.25, 0.3) is 0 Å². The van der Waals surface area contributed by atoms with E-state index in [1.54, 1.807) is 0 Å². The molecule has 13 heavy (non-hydrogen) atoms. The van der Waals surface area contributed by atoms with Gasteiger partial charge in [-0.15, -0.1) is 0 Å². The van der Waals surface area contributed by atoms with Crippen LogP contribution in [0.15, 0.2) is 0 Å². The van der Waals surface area contributed by atoms with Crippen molar-refractivity contribution >= 4 is 0 Å². The smallest absolute Gasteiger partial charge is 0.314 e. The van der Waals surface area contributed by atoms with Crippen LogP contribution in [0.5, 0.6) is 0 Å². The van der Waals surface area contributed by atoms with Crippen LogP contribution in [-0.2, 0) is 0 Å². The Morgan fingerprint density at radius 2 is 2.08 bits per heavy atom. The van der Waals surface area contributed by atoms with E-state index in [0.717, 1.165) is 19.4 Å². The van der Waals surface area contributed by atoms with Crippen LogP contribution < -0.4 is 5.32 Å². The maximum absolute atomic E-state index is 11.9. The van der Waals surface area contributed by atoms with Gasteiger partial charge in [-0.25, -0.2) is 0 Å². The summed E-state index contributed by atoms with van der Waals surface area (Å²) in [6, 6.07) is 0.246. The van der Waals surface area contributed by atoms with E-state index in [2.05, 4.69) is 5.32 Å². The van der Waals surface area contributed by atoms with Crippen molar-refractivity contribution in [3.8, 4) is 0 Å². The molecule has 0 aromatic heterocycles. The van der Waals surface area contributed by atoms with Gasteiger partial charge in [-0.2, -0.15) is 13.2 Å². The van der Waals surface area contributed by atoms with E-state index < -0.39 is 12.6 Å². The van der Waals surface area contributed by atoms with E-state index in [9.17, 15) is 13.2 Å². The highest BCUT2D eigenvalue weighted by atomic mass is 19.4. The lowest BCUT2D eigenvalue weighted by molar-refractivity contribution is -0.138. The van der Waals surface area contributed by atoms with Crippen LogP contribution in [0.3, 0.4) is 0 Å². The molecule has 78 valence electrons. The predicted molar refractivity (Wildman–Crippen MR) is 45.5 cm³/mol. The number of piperidine rings is 1. The van der Waals surface area contributed by atoms with Crippen LogP contribution >= 0.6 is 0 Å². The van der Waals surface area contributed by atoms with Crippen molar-refractivity contribution in [1.29, 1.82) is 0 Å². The summed E-state index contributed by atoms with van der Waals surface area (Å²) < 4.78 is 35.8. The first-order chi connectivity index (χ1) is 5.99. The summed E-state index contributed by atoms with van der Waals surface area (Å²) in [6.07, 6.45) is -2.41. The topological polar surface area (TPSA) is 12.0 Å². The fourth-order valence-electron chi connectivity index (χ4n) is 1.85. The van der Waals surface area contributed by atoms with Crippen molar-refractivity contribution in [2.24, 2.45) is 5.92 Å². The van der Waals surface area contributed by atoms with Gasteiger partial charge in [0.15, 0.2) is 0 Å². The molecule has 1 fully saturated rings. The molecule has 0 aliphatic carbocycles. The molecule has 0 spiro atoms. The number of hydrogen-bond acceptors (Lipinski definition) is 1. The SMILES string of the molecule is CC1NCCCC1CCC(F)(F)F. The van der Waals surface area contributed by atoms with Crippen molar-refractivity contribution in [2.75, 3.05) is 6.54 Å². The minimum atomic E-state index is -3.99. The Morgan fingerprint density at radius 3 is 2.62 bits per heavy atom. The number of alkyl halides is 3. The van der Waals surface area contributed by atoms with Crippen LogP contribution in [0.4, 0.5) is 13.2 Å². The molecule has 2 unspecified atom stereocenters. The fraction of sp³-hybridized carbons (Fsp3) is 1.00. The Labute approximate surface area is 76.7 Å². The predicted octanol–water partition coefficient (Wildman–Crippen LogP) is 2.72. The molecule has 0 aromatic rings. The quantitative estimate of drug-likeness (QED) is 0.714. The van der Waals surface area contributed by atoms with Gasteiger partial charge in [-0.3, -0.25) is 0 Å². The van der Waals surface area contributed by atoms with Crippen LogP contribution in [-0.4, -0.2) is 18.8 Å². The summed E-state index contributed by atoms with van der Waals surface area (Å²) in [4.78, 5) is 0. The second kappa shape index (κ2) is 4.31. The van der Waals surface area contributed by atoms with Crippen LogP contribution in [0.1, 0.15) is 32.6 Å². The zero-order chi connectivity index (χ0) is 9.90. The van der Waals surface area contributed by atoms with Gasteiger partial charge in [0.05, 0.1) is 0 Å². The number of rotatable bonds is 2. The standard InChI is InChI=1S/C9H16F3N/c1-7-8(3-2-6-13-7)4-5-9(10,11)12/h7-8,13H,2-6H2,1H3. The highest BCUT2D eigenvalue weighted by Gasteiger charge is 2.30. The second-order valence-electron chi connectivity index (χ2n) is 3.80. The van der Waals surface area contributed by atoms with Gasteiger partial charge >= 0.3 is 6.18 Å². The summed E-state index contributed by atoms with van der Waals surface area (Å²) in [5.41, 5.74) is 0. The van der Waals surface area contributed by atoms with Gasteiger partial charge in [0.1, 0.15) is 0 Å². The molecule has 2 atom stereocenters. The molecule has 1 nitrogen and oxygen atoms in total. The molecular formula is C9H16F3N. The third-order valence-corrected chi connectivity index (χ3v) is 2.72. The Kier molecular flexibility index (Phi) is 3.59. The maximum Gasteiger partial charge on any atom is 0.389 e. The summed E-state index contributed by atoms with van der Waals surface area (Å²) in [7, 11) is 0. The van der Waals surface area contributed by atoms with E-state index in [0.29, 0.717) is 0 Å². The van der Waals surface area contributed by atoms with Crippen LogP contribution in [0, 0.1) is 5.92 Å². The fourth-order valence-corrected chi connectivity index (χ4v) is 1.85. The van der Waals surface area contributed by atoms with Gasteiger partial charge in [-0.05, 0) is 38.6 Å². The summed E-state index contributed by atoms with van der Waals surface area (Å²) in [6.45, 7) is 2.92. The monoisotopic (exact) mass is 195 g/mol. The Bertz CT molecular complexity index is 155. The minimum Gasteiger partial charge on any atom is -0.314 e. The minimum absolute atomic E-state index is 0.204. The molecule has 1 saturated heterocycles. The lowest BCUT2D eigenvalue weighted by Gasteiger charge is -2.30. The largest absolute Gasteiger partial charge is 0.389 e. The molecule has 1 heterocycles. The number of halogens is 3. The summed E-state index contributed by atoms with van der Waals surface area (Å²) in [5.74, 6) is 0.204. The Hall–Kier alpha value is -0.250. The summed E-state index contributed by atoms with van der Waals surface area (Å²) >= 11 is 0. The van der Waals surface area contributed by atoms with Gasteiger partial charge < -0.3 is 5.32 Å². The number of nitrogens with one attached hydrogen (secondary N) is 1. The lowest BCUT2D eigenvalue weighted by Crippen LogP contribution is -2.39. The zero-order valence-corrected chi connectivity index (χ0v) is 7.82. The lowest BCUT2D eigenvalue weighted by atomic mass is 9.88. The molecule has 0 aromatic carbocycles. The molecule has 0 saturated carbocycles. The summed E-state index contributed by atoms with van der Waals surface area (Å²) in [5, 5.41) is 3.20. The van der Waals surface area contributed by atoms with Gasteiger partial charge in [0, 0.05) is 12.5 Å². The highest BCUT2D eigenvalue weighted by Crippen LogP contribution is 2.28. The first-order valence-electron chi connectivity index (χ1n) is 4.79. The second-order valence-corrected chi connectivity index (χ2v) is 3.80. The third kappa shape index (κ3) is 3.98. The Balaban J connectivity index is 2.27. The third-order valence-electron chi connectivity index (χ3n) is 2.72. The molecule has 1 N–H and O–H groups in total. The van der Waals surface area contributed by atoms with Crippen molar-refractivity contribution in [2.45, 2.75) is 44.8 Å². The average molecular weight is 195 g/mol. The van der Waals surface area contributed by atoms with E-state index in [4.69, 9.17) is 0 Å². The Morgan fingerprint density at radius 1 is 1.38 bits per heavy atom. The molecule has 1 aliphatic heterocycles. The average Bonchev–Trinajstić information content (AvgIpc) is 2.01. The normalized spacial score (nSPS) is 30.5. The zero-order valence-electron chi connectivity index (χ0n) is 7.82. The molecule has 1 rings (SSSR count). The van der Waals surface area contributed by atoms with E-state index in [-0.39, 0.29) is 18.4 Å². The van der Waals surface area contributed by atoms with E-state index in [1.165, 1.54) is 0 Å². The van der Waals surface area contributed by atoms with Gasteiger partial charge in [-0.1, -0.05) is 0 Å². The molecule has 1 aliphatic rings. The van der Waals surface area contributed by atoms with Crippen molar-refractivity contribution in [3.63, 3.8) is 0 Å². The van der Waals surface area contributed by atoms with Crippen molar-refractivity contribution < 1.29 is 13.2 Å². The molecule has 0 radical (unpaired) electrons. The van der Waals surface area contributed by atoms with Gasteiger partial charge in [0.2, 0.25) is 0 Å². The van der Waals surface area contributed by atoms with Crippen LogP contribution in [0.2, 0.25) is 0 Å². The van der Waals surface area contributed by atoms with Crippen LogP contribution in [0.25, 0.3) is 0 Å². The molecule has 0 amide bonds. The van der Waals surface area contributed by atoms with E-state index >= 15 is 0 Å². The number of hydrogen-bond donors (Lipinski definition) is 1. The first-order valence-corrected chi connectivity index (χ1v) is 4.79. The van der Waals surface area contributed by atoms with E-state index in [1.807, 2.05) is 6.92 Å². The van der Waals surface area contributed by atoms with Crippen molar-refractivity contribution in [1.82, 2.24) is 5.32 Å². The molecule has 4 heteroatoms. The molecular weight excluding hydrogens is 179 g/mol. The maximum atomic E-state index is 11.9. The first kappa shape index (κ1) is 10.8. The highest BCUT2D eigenvalue weighted by molar-refractivity contribution is 4.78. The molecule has 0 bridgehead atoms. The van der Waals surface area contributed by atoms with Crippen molar-refractivity contribution in [3.05, 3.63) is 0 Å².